The van der Waals surface area contributed by atoms with E-state index in [0.717, 1.165) is 72.6 Å². The minimum Gasteiger partial charge on any atom is -0.339 e. The summed E-state index contributed by atoms with van der Waals surface area (Å²) < 4.78 is 1.78. The molecule has 1 amide bonds. The second kappa shape index (κ2) is 9.55. The highest BCUT2D eigenvalue weighted by Gasteiger charge is 2.32. The predicted molar refractivity (Wildman–Crippen MR) is 128 cm³/mol. The number of hydrogen-bond acceptors (Lipinski definition) is 4. The number of amides is 1. The smallest absolute Gasteiger partial charge is 0.254 e. The lowest BCUT2D eigenvalue weighted by Gasteiger charge is -2.22. The van der Waals surface area contributed by atoms with E-state index in [0.29, 0.717) is 11.8 Å². The molecular formula is C23H29Cl2N5O. The number of aromatic nitrogens is 3. The van der Waals surface area contributed by atoms with E-state index in [2.05, 4.69) is 10.4 Å². The number of hydrogen-bond donors (Lipinski definition) is 1. The molecule has 0 unspecified atom stereocenters. The summed E-state index contributed by atoms with van der Waals surface area (Å²) in [4.78, 5) is 20.6. The summed E-state index contributed by atoms with van der Waals surface area (Å²) in [5.74, 6) is 1.51. The molecule has 31 heavy (non-hydrogen) atoms. The molecule has 166 valence electrons. The first-order valence-electron chi connectivity index (χ1n) is 10.5. The Kier molecular flexibility index (Phi) is 7.24. The van der Waals surface area contributed by atoms with Crippen LogP contribution in [0.15, 0.2) is 36.4 Å². The summed E-state index contributed by atoms with van der Waals surface area (Å²) in [5.41, 5.74) is 4.18. The second-order valence-electron chi connectivity index (χ2n) is 8.38. The van der Waals surface area contributed by atoms with Crippen LogP contribution in [0.5, 0.6) is 0 Å². The minimum absolute atomic E-state index is 0. The Bertz CT molecular complexity index is 1050. The van der Waals surface area contributed by atoms with Gasteiger partial charge in [-0.2, -0.15) is 5.10 Å². The fourth-order valence-corrected chi connectivity index (χ4v) is 4.96. The first-order valence-corrected chi connectivity index (χ1v) is 10.5. The Morgan fingerprint density at radius 2 is 1.71 bits per heavy atom. The van der Waals surface area contributed by atoms with Gasteiger partial charge in [0, 0.05) is 25.7 Å². The maximum absolute atomic E-state index is 13.7. The van der Waals surface area contributed by atoms with E-state index in [9.17, 15) is 4.79 Å². The molecule has 3 aromatic rings. The highest BCUT2D eigenvalue weighted by atomic mass is 35.5. The van der Waals surface area contributed by atoms with Gasteiger partial charge < -0.3 is 10.2 Å². The molecule has 2 saturated heterocycles. The topological polar surface area (TPSA) is 63.1 Å². The van der Waals surface area contributed by atoms with E-state index in [-0.39, 0.29) is 30.7 Å². The lowest BCUT2D eigenvalue weighted by molar-refractivity contribution is 0.0760. The van der Waals surface area contributed by atoms with Crippen molar-refractivity contribution in [1.29, 1.82) is 0 Å². The summed E-state index contributed by atoms with van der Waals surface area (Å²) in [6.07, 6.45) is 2.16. The maximum Gasteiger partial charge on any atom is 0.254 e. The summed E-state index contributed by atoms with van der Waals surface area (Å²) in [6.45, 7) is 5.79. The van der Waals surface area contributed by atoms with Gasteiger partial charge in [-0.3, -0.25) is 9.48 Å². The van der Waals surface area contributed by atoms with Gasteiger partial charge in [-0.05, 0) is 50.8 Å². The van der Waals surface area contributed by atoms with Gasteiger partial charge in [0.05, 0.1) is 22.3 Å². The summed E-state index contributed by atoms with van der Waals surface area (Å²) in [6, 6.07) is 12.0. The molecule has 0 radical (unpaired) electrons. The molecule has 2 aliphatic heterocycles. The normalized spacial score (nSPS) is 20.5. The molecule has 6 nitrogen and oxygen atoms in total. The van der Waals surface area contributed by atoms with Crippen LogP contribution in [0.3, 0.4) is 0 Å². The number of carbonyl (C=O) groups is 1. The van der Waals surface area contributed by atoms with E-state index < -0.39 is 0 Å². The van der Waals surface area contributed by atoms with Crippen molar-refractivity contribution in [1.82, 2.24) is 25.0 Å². The molecule has 4 heterocycles. The van der Waals surface area contributed by atoms with Crippen molar-refractivity contribution in [3.05, 3.63) is 47.7 Å². The number of aryl methyl sites for hydroxylation is 2. The Morgan fingerprint density at radius 3 is 2.35 bits per heavy atom. The summed E-state index contributed by atoms with van der Waals surface area (Å²) in [7, 11) is 1.89. The van der Waals surface area contributed by atoms with Crippen LogP contribution >= 0.6 is 24.8 Å². The monoisotopic (exact) mass is 461 g/mol. The molecule has 2 fully saturated rings. The predicted octanol–water partition coefficient (Wildman–Crippen LogP) is 3.86. The molecule has 1 aromatic carbocycles. The SMILES string of the molecule is Cc1nn(C)c2nc(-c3ccccc3)cc(C(=O)N3CC[C@@H]4CNC[C@@H]4CC3)c12.Cl.Cl. The average Bonchev–Trinajstić information content (AvgIpc) is 3.25. The molecule has 0 saturated carbocycles. The highest BCUT2D eigenvalue weighted by molar-refractivity contribution is 6.07. The molecule has 2 aromatic heterocycles. The van der Waals surface area contributed by atoms with Gasteiger partial charge in [0.25, 0.3) is 5.91 Å². The average molecular weight is 462 g/mol. The molecule has 2 atom stereocenters. The zero-order chi connectivity index (χ0) is 20.0. The number of rotatable bonds is 2. The van der Waals surface area contributed by atoms with Crippen LogP contribution in [-0.4, -0.2) is 51.8 Å². The molecule has 2 aliphatic rings. The number of halogens is 2. The molecule has 0 aliphatic carbocycles. The van der Waals surface area contributed by atoms with Crippen LogP contribution < -0.4 is 5.32 Å². The maximum atomic E-state index is 13.7. The van der Waals surface area contributed by atoms with Crippen LogP contribution in [0.4, 0.5) is 0 Å². The van der Waals surface area contributed by atoms with Crippen LogP contribution in [0.1, 0.15) is 28.9 Å². The van der Waals surface area contributed by atoms with Crippen molar-refractivity contribution in [3.63, 3.8) is 0 Å². The molecule has 5 rings (SSSR count). The highest BCUT2D eigenvalue weighted by Crippen LogP contribution is 2.31. The van der Waals surface area contributed by atoms with Gasteiger partial charge in [-0.25, -0.2) is 4.98 Å². The van der Waals surface area contributed by atoms with E-state index in [1.807, 2.05) is 55.3 Å². The third-order valence-corrected chi connectivity index (χ3v) is 6.58. The number of benzene rings is 1. The van der Waals surface area contributed by atoms with Crippen LogP contribution in [0, 0.1) is 18.8 Å². The van der Waals surface area contributed by atoms with Crippen molar-refractivity contribution < 1.29 is 4.79 Å². The quantitative estimate of drug-likeness (QED) is 0.629. The first kappa shape index (κ1) is 23.5. The molecule has 0 spiro atoms. The largest absolute Gasteiger partial charge is 0.339 e. The molecule has 8 heteroatoms. The van der Waals surface area contributed by atoms with Crippen LogP contribution in [0.2, 0.25) is 0 Å². The van der Waals surface area contributed by atoms with E-state index >= 15 is 0 Å². The number of fused-ring (bicyclic) bond motifs is 2. The third-order valence-electron chi connectivity index (χ3n) is 6.58. The Morgan fingerprint density at radius 1 is 1.06 bits per heavy atom. The van der Waals surface area contributed by atoms with Crippen molar-refractivity contribution >= 4 is 41.8 Å². The van der Waals surface area contributed by atoms with Crippen molar-refractivity contribution in [2.24, 2.45) is 18.9 Å². The van der Waals surface area contributed by atoms with Gasteiger partial charge in [0.2, 0.25) is 0 Å². The number of nitrogens with zero attached hydrogens (tertiary/aromatic N) is 4. The van der Waals surface area contributed by atoms with Gasteiger partial charge >= 0.3 is 0 Å². The van der Waals surface area contributed by atoms with Crippen molar-refractivity contribution in [2.75, 3.05) is 26.2 Å². The molecule has 1 N–H and O–H groups in total. The first-order chi connectivity index (χ1) is 14.1. The van der Waals surface area contributed by atoms with Crippen molar-refractivity contribution in [2.45, 2.75) is 19.8 Å². The van der Waals surface area contributed by atoms with Crippen LogP contribution in [-0.2, 0) is 7.05 Å². The number of pyridine rings is 1. The van der Waals surface area contributed by atoms with E-state index in [1.165, 1.54) is 0 Å². The minimum atomic E-state index is 0. The van der Waals surface area contributed by atoms with Gasteiger partial charge in [0.1, 0.15) is 0 Å². The second-order valence-corrected chi connectivity index (χ2v) is 8.38. The zero-order valence-electron chi connectivity index (χ0n) is 17.9. The van der Waals surface area contributed by atoms with Gasteiger partial charge in [0.15, 0.2) is 5.65 Å². The van der Waals surface area contributed by atoms with Gasteiger partial charge in [-0.15, -0.1) is 24.8 Å². The number of likely N-dealkylation sites (tertiary alicyclic amines) is 1. The molecular weight excluding hydrogens is 433 g/mol. The van der Waals surface area contributed by atoms with Gasteiger partial charge in [-0.1, -0.05) is 30.3 Å². The standard InChI is InChI=1S/C23H27N5O.2ClH/c1-15-21-19(23(29)28-10-8-17-13-24-14-18(17)9-11-28)12-20(16-6-4-3-5-7-16)25-22(21)27(2)26-15;;/h3-7,12,17-18,24H,8-11,13-14H2,1-2H3;2*1H/t17-,18+;;. The fraction of sp³-hybridized carbons (Fsp3) is 0.435. The number of nitrogens with one attached hydrogen (secondary N) is 1. The van der Waals surface area contributed by atoms with Crippen molar-refractivity contribution in [3.8, 4) is 11.3 Å². The Balaban J connectivity index is 0.00000136. The number of carbonyl (C=O) groups excluding carboxylic acids is 1. The summed E-state index contributed by atoms with van der Waals surface area (Å²) >= 11 is 0. The Hall–Kier alpha value is -2.15. The van der Waals surface area contributed by atoms with E-state index in [1.54, 1.807) is 4.68 Å². The lowest BCUT2D eigenvalue weighted by atomic mass is 9.92. The lowest BCUT2D eigenvalue weighted by Crippen LogP contribution is -2.33. The fourth-order valence-electron chi connectivity index (χ4n) is 4.96. The zero-order valence-corrected chi connectivity index (χ0v) is 19.5. The molecule has 0 bridgehead atoms. The summed E-state index contributed by atoms with van der Waals surface area (Å²) in [5, 5.41) is 8.94. The van der Waals surface area contributed by atoms with E-state index in [4.69, 9.17) is 4.98 Å². The Labute approximate surface area is 195 Å². The third kappa shape index (κ3) is 4.29. The van der Waals surface area contributed by atoms with Crippen LogP contribution in [0.25, 0.3) is 22.3 Å².